The monoisotopic (exact) mass is 302 g/mol. The van der Waals surface area contributed by atoms with Crippen molar-refractivity contribution in [1.82, 2.24) is 9.78 Å². The molecule has 0 spiro atoms. The third-order valence-corrected chi connectivity index (χ3v) is 4.79. The van der Waals surface area contributed by atoms with Crippen molar-refractivity contribution in [3.63, 3.8) is 0 Å². The third-order valence-electron chi connectivity index (χ3n) is 3.75. The van der Waals surface area contributed by atoms with Crippen LogP contribution in [-0.2, 0) is 16.6 Å². The van der Waals surface area contributed by atoms with Crippen molar-refractivity contribution in [2.24, 2.45) is 11.1 Å². The van der Waals surface area contributed by atoms with Gasteiger partial charge in [-0.3, -0.25) is 0 Å². The molecular weight excluding hydrogens is 284 g/mol. The van der Waals surface area contributed by atoms with Gasteiger partial charge in [0, 0.05) is 0 Å². The molecule has 1 saturated carbocycles. The summed E-state index contributed by atoms with van der Waals surface area (Å²) < 4.78 is 24.4. The van der Waals surface area contributed by atoms with E-state index >= 15 is 0 Å². The molecule has 8 nitrogen and oxygen atoms in total. The Hall–Kier alpha value is -1.48. The highest BCUT2D eigenvalue weighted by atomic mass is 32.2. The Balaban J connectivity index is 2.37. The summed E-state index contributed by atoms with van der Waals surface area (Å²) in [5, 5.41) is 19.8. The maximum Gasteiger partial charge on any atom is 0.410 e. The Labute approximate surface area is 117 Å². The maximum atomic E-state index is 11.5. The van der Waals surface area contributed by atoms with Crippen LogP contribution in [0, 0.1) is 23.0 Å². The van der Waals surface area contributed by atoms with Gasteiger partial charge in [0.05, 0.1) is 17.3 Å². The van der Waals surface area contributed by atoms with Gasteiger partial charge in [-0.2, -0.15) is 4.68 Å². The average Bonchev–Trinajstić information content (AvgIpc) is 2.68. The lowest BCUT2D eigenvalue weighted by Gasteiger charge is -2.20. The minimum Gasteiger partial charge on any atom is -0.358 e. The smallest absolute Gasteiger partial charge is 0.358 e. The fourth-order valence-electron chi connectivity index (χ4n) is 2.76. The van der Waals surface area contributed by atoms with Crippen LogP contribution in [0.1, 0.15) is 37.8 Å². The summed E-state index contributed by atoms with van der Waals surface area (Å²) >= 11 is 0. The summed E-state index contributed by atoms with van der Waals surface area (Å²) in [7, 11) is -4.15. The molecule has 0 amide bonds. The zero-order valence-corrected chi connectivity index (χ0v) is 12.1. The van der Waals surface area contributed by atoms with Crippen molar-refractivity contribution >= 4 is 15.8 Å². The Morgan fingerprint density at radius 3 is 2.45 bits per heavy atom. The van der Waals surface area contributed by atoms with Gasteiger partial charge in [-0.05, 0) is 30.6 Å². The van der Waals surface area contributed by atoms with Gasteiger partial charge in [-0.25, -0.2) is 13.6 Å². The molecule has 0 aromatic carbocycles. The van der Waals surface area contributed by atoms with Crippen LogP contribution in [0.15, 0.2) is 4.90 Å². The SMILES string of the molecule is Cc1c(S(N)(=O)=O)c([N+](=O)[O-])nn1CC1CCCCC1. The van der Waals surface area contributed by atoms with Crippen LogP contribution in [0.25, 0.3) is 0 Å². The normalized spacial score (nSPS) is 17.3. The van der Waals surface area contributed by atoms with E-state index in [1.807, 2.05) is 0 Å². The molecule has 20 heavy (non-hydrogen) atoms. The summed E-state index contributed by atoms with van der Waals surface area (Å²) in [5.41, 5.74) is 0.241. The largest absolute Gasteiger partial charge is 0.410 e. The van der Waals surface area contributed by atoms with Gasteiger partial charge in [0.1, 0.15) is 0 Å². The summed E-state index contributed by atoms with van der Waals surface area (Å²) in [4.78, 5) is 9.66. The lowest BCUT2D eigenvalue weighted by Crippen LogP contribution is -2.17. The standard InChI is InChI=1S/C11H18N4O4S/c1-8-10(20(12,18)19)11(15(16)17)13-14(8)7-9-5-3-2-4-6-9/h9H,2-7H2,1H3,(H2,12,18,19). The van der Waals surface area contributed by atoms with Gasteiger partial charge < -0.3 is 10.1 Å². The van der Waals surface area contributed by atoms with Crippen molar-refractivity contribution in [1.29, 1.82) is 0 Å². The number of primary sulfonamides is 1. The van der Waals surface area contributed by atoms with Crippen molar-refractivity contribution in [2.45, 2.75) is 50.5 Å². The van der Waals surface area contributed by atoms with Gasteiger partial charge >= 0.3 is 5.82 Å². The number of nitrogens with zero attached hydrogens (tertiary/aromatic N) is 3. The second-order valence-electron chi connectivity index (χ2n) is 5.23. The van der Waals surface area contributed by atoms with Crippen LogP contribution in [0.4, 0.5) is 5.82 Å². The number of hydrogen-bond donors (Lipinski definition) is 1. The highest BCUT2D eigenvalue weighted by molar-refractivity contribution is 7.89. The molecule has 0 radical (unpaired) electrons. The number of rotatable bonds is 4. The second-order valence-corrected chi connectivity index (χ2v) is 6.72. The van der Waals surface area contributed by atoms with E-state index in [9.17, 15) is 18.5 Å². The van der Waals surface area contributed by atoms with E-state index in [1.165, 1.54) is 18.0 Å². The minimum absolute atomic E-state index is 0.241. The van der Waals surface area contributed by atoms with Crippen LogP contribution < -0.4 is 5.14 Å². The van der Waals surface area contributed by atoms with E-state index in [4.69, 9.17) is 5.14 Å². The van der Waals surface area contributed by atoms with Crippen molar-refractivity contribution < 1.29 is 13.3 Å². The molecule has 1 heterocycles. The molecule has 112 valence electrons. The summed E-state index contributed by atoms with van der Waals surface area (Å²) in [6, 6.07) is 0. The molecule has 0 aliphatic heterocycles. The van der Waals surface area contributed by atoms with E-state index < -0.39 is 25.7 Å². The quantitative estimate of drug-likeness (QED) is 0.664. The summed E-state index contributed by atoms with van der Waals surface area (Å²) in [6.45, 7) is 2.00. The molecule has 0 atom stereocenters. The lowest BCUT2D eigenvalue weighted by molar-refractivity contribution is -0.392. The summed E-state index contributed by atoms with van der Waals surface area (Å²) in [6.07, 6.45) is 5.55. The van der Waals surface area contributed by atoms with Gasteiger partial charge in [0.25, 0.3) is 0 Å². The molecule has 1 fully saturated rings. The molecule has 0 bridgehead atoms. The number of nitrogens with two attached hydrogens (primary N) is 1. The average molecular weight is 302 g/mol. The first-order chi connectivity index (χ1) is 9.30. The molecule has 1 aromatic heterocycles. The van der Waals surface area contributed by atoms with Crippen molar-refractivity contribution in [2.75, 3.05) is 0 Å². The molecule has 9 heteroatoms. The topological polar surface area (TPSA) is 121 Å². The fraction of sp³-hybridized carbons (Fsp3) is 0.727. The second kappa shape index (κ2) is 5.49. The highest BCUT2D eigenvalue weighted by Gasteiger charge is 2.33. The molecule has 0 unspecified atom stereocenters. The Morgan fingerprint density at radius 1 is 1.40 bits per heavy atom. The minimum atomic E-state index is -4.15. The Bertz CT molecular complexity index is 617. The highest BCUT2D eigenvalue weighted by Crippen LogP contribution is 2.29. The Morgan fingerprint density at radius 2 is 2.00 bits per heavy atom. The van der Waals surface area contributed by atoms with E-state index in [-0.39, 0.29) is 5.69 Å². The molecule has 1 aliphatic carbocycles. The van der Waals surface area contributed by atoms with Gasteiger partial charge in [-0.15, -0.1) is 0 Å². The zero-order valence-electron chi connectivity index (χ0n) is 11.3. The first-order valence-corrected chi connectivity index (χ1v) is 8.10. The molecule has 1 aliphatic rings. The van der Waals surface area contributed by atoms with E-state index in [0.29, 0.717) is 12.5 Å². The predicted octanol–water partition coefficient (Wildman–Crippen LogP) is 1.33. The Kier molecular flexibility index (Phi) is 4.09. The van der Waals surface area contributed by atoms with Crippen LogP contribution in [0.2, 0.25) is 0 Å². The molecule has 2 rings (SSSR count). The van der Waals surface area contributed by atoms with E-state index in [2.05, 4.69) is 5.10 Å². The van der Waals surface area contributed by atoms with Crippen molar-refractivity contribution in [3.05, 3.63) is 15.8 Å². The van der Waals surface area contributed by atoms with Gasteiger partial charge in [-0.1, -0.05) is 19.3 Å². The van der Waals surface area contributed by atoms with Gasteiger partial charge in [0.2, 0.25) is 14.9 Å². The van der Waals surface area contributed by atoms with Crippen LogP contribution in [0.5, 0.6) is 0 Å². The van der Waals surface area contributed by atoms with Crippen LogP contribution in [-0.4, -0.2) is 23.1 Å². The number of aromatic nitrogens is 2. The third kappa shape index (κ3) is 2.98. The lowest BCUT2D eigenvalue weighted by atomic mass is 9.89. The van der Waals surface area contributed by atoms with E-state index in [0.717, 1.165) is 25.7 Å². The predicted molar refractivity (Wildman–Crippen MR) is 71.6 cm³/mol. The van der Waals surface area contributed by atoms with E-state index in [1.54, 1.807) is 0 Å². The molecular formula is C11H18N4O4S. The zero-order chi connectivity index (χ0) is 14.9. The van der Waals surface area contributed by atoms with Gasteiger partial charge in [0.15, 0.2) is 0 Å². The molecule has 2 N–H and O–H groups in total. The van der Waals surface area contributed by atoms with Crippen molar-refractivity contribution in [3.8, 4) is 0 Å². The summed E-state index contributed by atoms with van der Waals surface area (Å²) in [5.74, 6) is -0.295. The number of hydrogen-bond acceptors (Lipinski definition) is 5. The van der Waals surface area contributed by atoms with Crippen LogP contribution in [0.3, 0.4) is 0 Å². The molecule has 0 saturated heterocycles. The first kappa shape index (κ1) is 14.9. The first-order valence-electron chi connectivity index (χ1n) is 6.55. The fourth-order valence-corrected chi connectivity index (χ4v) is 3.65. The maximum absolute atomic E-state index is 11.5. The number of sulfonamides is 1. The van der Waals surface area contributed by atoms with Crippen LogP contribution >= 0.6 is 0 Å². The molecule has 1 aromatic rings. The number of nitro groups is 1.